The standard InChI is InChI=1S/C10H15BrN2O3S/c1-2-17(15,16)5-3-4-13-6-8(11)10(14)9(12)7-13/h6-7H,2-5,12H2,1H3. The molecular weight excluding hydrogens is 308 g/mol. The lowest BCUT2D eigenvalue weighted by Crippen LogP contribution is -2.15. The molecule has 0 saturated carbocycles. The molecule has 0 aliphatic heterocycles. The lowest BCUT2D eigenvalue weighted by atomic mass is 10.4. The van der Waals surface area contributed by atoms with E-state index in [0.29, 0.717) is 17.4 Å². The maximum Gasteiger partial charge on any atom is 0.218 e. The highest BCUT2D eigenvalue weighted by molar-refractivity contribution is 9.10. The Labute approximate surface area is 109 Å². The predicted octanol–water partition coefficient (Wildman–Crippen LogP) is 1.02. The lowest BCUT2D eigenvalue weighted by Gasteiger charge is -2.08. The van der Waals surface area contributed by atoms with Crippen LogP contribution in [0, 0.1) is 0 Å². The molecule has 2 N–H and O–H groups in total. The quantitative estimate of drug-likeness (QED) is 0.877. The van der Waals surface area contributed by atoms with E-state index in [2.05, 4.69) is 15.9 Å². The molecule has 0 saturated heterocycles. The van der Waals surface area contributed by atoms with Crippen LogP contribution in [0.2, 0.25) is 0 Å². The number of hydrogen-bond acceptors (Lipinski definition) is 4. The Kier molecular flexibility index (Phi) is 4.76. The molecular formula is C10H15BrN2O3S. The number of nitrogens with two attached hydrogens (primary N) is 1. The average Bonchev–Trinajstić information content (AvgIpc) is 2.25. The van der Waals surface area contributed by atoms with Crippen molar-refractivity contribution in [2.24, 2.45) is 0 Å². The summed E-state index contributed by atoms with van der Waals surface area (Å²) in [5, 5.41) is 0. The molecule has 1 rings (SSSR count). The average molecular weight is 323 g/mol. The van der Waals surface area contributed by atoms with Crippen LogP contribution in [-0.4, -0.2) is 24.5 Å². The minimum absolute atomic E-state index is 0.146. The summed E-state index contributed by atoms with van der Waals surface area (Å²) in [6.07, 6.45) is 3.63. The Morgan fingerprint density at radius 2 is 2.06 bits per heavy atom. The molecule has 0 bridgehead atoms. The van der Waals surface area contributed by atoms with Crippen molar-refractivity contribution in [2.75, 3.05) is 17.2 Å². The van der Waals surface area contributed by atoms with Crippen LogP contribution in [-0.2, 0) is 16.4 Å². The third-order valence-electron chi connectivity index (χ3n) is 2.37. The van der Waals surface area contributed by atoms with E-state index in [1.807, 2.05) is 0 Å². The van der Waals surface area contributed by atoms with Gasteiger partial charge in [-0.15, -0.1) is 0 Å². The highest BCUT2D eigenvalue weighted by Gasteiger charge is 2.07. The number of hydrogen-bond donors (Lipinski definition) is 1. The molecule has 0 unspecified atom stereocenters. The fraction of sp³-hybridized carbons (Fsp3) is 0.500. The van der Waals surface area contributed by atoms with Gasteiger partial charge in [0.25, 0.3) is 0 Å². The SMILES string of the molecule is CCS(=O)(=O)CCCn1cc(N)c(=O)c(Br)c1. The molecule has 5 nitrogen and oxygen atoms in total. The number of rotatable bonds is 5. The Balaban J connectivity index is 2.68. The summed E-state index contributed by atoms with van der Waals surface area (Å²) in [6, 6.07) is 0. The van der Waals surface area contributed by atoms with Gasteiger partial charge in [-0.1, -0.05) is 6.92 Å². The number of halogens is 1. The van der Waals surface area contributed by atoms with Crippen molar-refractivity contribution in [2.45, 2.75) is 19.9 Å². The van der Waals surface area contributed by atoms with E-state index in [1.54, 1.807) is 17.7 Å². The molecule has 0 spiro atoms. The third-order valence-corrected chi connectivity index (χ3v) is 4.73. The van der Waals surface area contributed by atoms with Crippen LogP contribution < -0.4 is 11.2 Å². The van der Waals surface area contributed by atoms with Gasteiger partial charge in [0.1, 0.15) is 9.84 Å². The number of aryl methyl sites for hydroxylation is 1. The van der Waals surface area contributed by atoms with Gasteiger partial charge in [-0.2, -0.15) is 0 Å². The summed E-state index contributed by atoms with van der Waals surface area (Å²) in [5.41, 5.74) is 5.43. The zero-order valence-corrected chi connectivity index (χ0v) is 11.9. The number of aromatic nitrogens is 1. The normalized spacial score (nSPS) is 11.6. The summed E-state index contributed by atoms with van der Waals surface area (Å²) in [5.74, 6) is 0.302. The molecule has 96 valence electrons. The van der Waals surface area contributed by atoms with Crippen molar-refractivity contribution in [1.29, 1.82) is 0 Å². The second-order valence-electron chi connectivity index (χ2n) is 3.72. The predicted molar refractivity (Wildman–Crippen MR) is 71.8 cm³/mol. The lowest BCUT2D eigenvalue weighted by molar-refractivity contribution is 0.587. The maximum atomic E-state index is 11.3. The number of sulfone groups is 1. The number of nitrogen functional groups attached to an aromatic ring is 1. The molecule has 0 fully saturated rings. The zero-order chi connectivity index (χ0) is 13.1. The summed E-state index contributed by atoms with van der Waals surface area (Å²) in [6.45, 7) is 2.14. The van der Waals surface area contributed by atoms with Crippen LogP contribution in [0.3, 0.4) is 0 Å². The van der Waals surface area contributed by atoms with Crippen molar-refractivity contribution < 1.29 is 8.42 Å². The number of nitrogens with zero attached hydrogens (tertiary/aromatic N) is 1. The highest BCUT2D eigenvalue weighted by atomic mass is 79.9. The summed E-state index contributed by atoms with van der Waals surface area (Å²) < 4.78 is 24.7. The van der Waals surface area contributed by atoms with E-state index < -0.39 is 9.84 Å². The van der Waals surface area contributed by atoms with E-state index in [9.17, 15) is 13.2 Å². The second-order valence-corrected chi connectivity index (χ2v) is 7.05. The molecule has 0 amide bonds. The van der Waals surface area contributed by atoms with Crippen molar-refractivity contribution in [3.05, 3.63) is 27.1 Å². The summed E-state index contributed by atoms with van der Waals surface area (Å²) in [7, 11) is -2.94. The Hall–Kier alpha value is -0.820. The van der Waals surface area contributed by atoms with Gasteiger partial charge < -0.3 is 10.3 Å². The van der Waals surface area contributed by atoms with Gasteiger partial charge in [0.15, 0.2) is 0 Å². The first kappa shape index (κ1) is 14.2. The van der Waals surface area contributed by atoms with Crippen LogP contribution >= 0.6 is 15.9 Å². The maximum absolute atomic E-state index is 11.3. The van der Waals surface area contributed by atoms with E-state index >= 15 is 0 Å². The van der Waals surface area contributed by atoms with E-state index in [4.69, 9.17) is 5.73 Å². The van der Waals surface area contributed by atoms with Crippen LogP contribution in [0.1, 0.15) is 13.3 Å². The van der Waals surface area contributed by atoms with Crippen LogP contribution in [0.15, 0.2) is 21.7 Å². The molecule has 7 heteroatoms. The molecule has 0 aliphatic carbocycles. The van der Waals surface area contributed by atoms with Gasteiger partial charge in [-0.25, -0.2) is 8.42 Å². The molecule has 17 heavy (non-hydrogen) atoms. The van der Waals surface area contributed by atoms with Gasteiger partial charge in [0.2, 0.25) is 5.43 Å². The minimum Gasteiger partial charge on any atom is -0.394 e. The van der Waals surface area contributed by atoms with Crippen LogP contribution in [0.5, 0.6) is 0 Å². The van der Waals surface area contributed by atoms with Crippen molar-refractivity contribution in [3.8, 4) is 0 Å². The Morgan fingerprint density at radius 1 is 1.41 bits per heavy atom. The first-order valence-corrected chi connectivity index (χ1v) is 7.82. The summed E-state index contributed by atoms with van der Waals surface area (Å²) in [4.78, 5) is 11.3. The molecule has 1 aromatic rings. The van der Waals surface area contributed by atoms with Gasteiger partial charge in [0, 0.05) is 24.7 Å². The van der Waals surface area contributed by atoms with Crippen LogP contribution in [0.4, 0.5) is 5.69 Å². The first-order chi connectivity index (χ1) is 7.85. The van der Waals surface area contributed by atoms with Gasteiger partial charge in [0.05, 0.1) is 15.9 Å². The Bertz CT molecular complexity index is 525. The first-order valence-electron chi connectivity index (χ1n) is 5.21. The topological polar surface area (TPSA) is 82.2 Å². The molecule has 1 heterocycles. The van der Waals surface area contributed by atoms with Crippen LogP contribution in [0.25, 0.3) is 0 Å². The Morgan fingerprint density at radius 3 is 2.59 bits per heavy atom. The zero-order valence-electron chi connectivity index (χ0n) is 9.52. The minimum atomic E-state index is -2.94. The third kappa shape index (κ3) is 4.16. The van der Waals surface area contributed by atoms with Gasteiger partial charge >= 0.3 is 0 Å². The van der Waals surface area contributed by atoms with Crippen molar-refractivity contribution >= 4 is 31.5 Å². The van der Waals surface area contributed by atoms with Gasteiger partial charge in [-0.05, 0) is 22.4 Å². The smallest absolute Gasteiger partial charge is 0.218 e. The van der Waals surface area contributed by atoms with E-state index in [-0.39, 0.29) is 22.6 Å². The van der Waals surface area contributed by atoms with Crippen molar-refractivity contribution in [3.63, 3.8) is 0 Å². The number of anilines is 1. The fourth-order valence-electron chi connectivity index (χ4n) is 1.36. The highest BCUT2D eigenvalue weighted by Crippen LogP contribution is 2.07. The number of pyridine rings is 1. The van der Waals surface area contributed by atoms with E-state index in [1.165, 1.54) is 6.20 Å². The van der Waals surface area contributed by atoms with E-state index in [0.717, 1.165) is 0 Å². The summed E-state index contributed by atoms with van der Waals surface area (Å²) >= 11 is 3.11. The fourth-order valence-corrected chi connectivity index (χ4v) is 2.71. The molecule has 0 radical (unpaired) electrons. The van der Waals surface area contributed by atoms with Gasteiger partial charge in [-0.3, -0.25) is 4.79 Å². The molecule has 0 atom stereocenters. The van der Waals surface area contributed by atoms with Crippen molar-refractivity contribution in [1.82, 2.24) is 4.57 Å². The molecule has 1 aromatic heterocycles. The monoisotopic (exact) mass is 322 g/mol. The molecule has 0 aromatic carbocycles. The second kappa shape index (κ2) is 5.68. The molecule has 0 aliphatic rings. The largest absolute Gasteiger partial charge is 0.394 e.